The van der Waals surface area contributed by atoms with Gasteiger partial charge in [-0.25, -0.2) is 9.37 Å². The zero-order valence-electron chi connectivity index (χ0n) is 11.3. The average molecular weight is 350 g/mol. The molecule has 0 saturated carbocycles. The number of hydrogen-bond donors (Lipinski definition) is 1. The Morgan fingerprint density at radius 2 is 2.00 bits per heavy atom. The van der Waals surface area contributed by atoms with E-state index in [2.05, 4.69) is 20.9 Å². The van der Waals surface area contributed by atoms with Gasteiger partial charge in [-0.15, -0.1) is 0 Å². The summed E-state index contributed by atoms with van der Waals surface area (Å²) in [4.78, 5) is 4.20. The van der Waals surface area contributed by atoms with Crippen molar-refractivity contribution in [3.8, 4) is 5.75 Å². The predicted octanol–water partition coefficient (Wildman–Crippen LogP) is 3.58. The van der Waals surface area contributed by atoms with E-state index in [1.165, 1.54) is 13.2 Å². The van der Waals surface area contributed by atoms with Gasteiger partial charge < -0.3 is 15.0 Å². The van der Waals surface area contributed by atoms with Gasteiger partial charge in [0.2, 0.25) is 5.95 Å². The molecule has 6 heteroatoms. The number of halogens is 2. The molecule has 0 fully saturated rings. The number of methoxy groups -OCH3 is 1. The van der Waals surface area contributed by atoms with E-state index in [0.717, 1.165) is 15.6 Å². The van der Waals surface area contributed by atoms with Gasteiger partial charge in [-0.1, -0.05) is 28.1 Å². The molecule has 3 rings (SSSR count). The van der Waals surface area contributed by atoms with Crippen LogP contribution < -0.4 is 10.5 Å². The number of ether oxygens (including phenoxy) is 1. The fourth-order valence-electron chi connectivity index (χ4n) is 2.24. The van der Waals surface area contributed by atoms with Crippen molar-refractivity contribution >= 4 is 32.9 Å². The van der Waals surface area contributed by atoms with Crippen LogP contribution >= 0.6 is 15.9 Å². The molecule has 4 nitrogen and oxygen atoms in total. The first kappa shape index (κ1) is 13.9. The highest BCUT2D eigenvalue weighted by molar-refractivity contribution is 9.10. The fraction of sp³-hybridized carbons (Fsp3) is 0.133. The summed E-state index contributed by atoms with van der Waals surface area (Å²) in [5.74, 6) is 0.0818. The molecule has 0 aliphatic carbocycles. The minimum Gasteiger partial charge on any atom is -0.494 e. The molecule has 0 radical (unpaired) electrons. The molecule has 2 N–H and O–H groups in total. The molecule has 0 saturated heterocycles. The Morgan fingerprint density at radius 3 is 2.67 bits per heavy atom. The zero-order valence-corrected chi connectivity index (χ0v) is 12.9. The maximum atomic E-state index is 13.7. The first-order valence-corrected chi connectivity index (χ1v) is 7.11. The molecule has 2 aromatic carbocycles. The maximum Gasteiger partial charge on any atom is 0.201 e. The van der Waals surface area contributed by atoms with Crippen molar-refractivity contribution < 1.29 is 9.13 Å². The first-order chi connectivity index (χ1) is 10.1. The van der Waals surface area contributed by atoms with Crippen LogP contribution in [0.4, 0.5) is 10.3 Å². The lowest BCUT2D eigenvalue weighted by atomic mass is 10.2. The third-order valence-corrected chi connectivity index (χ3v) is 3.83. The summed E-state index contributed by atoms with van der Waals surface area (Å²) in [6, 6.07) is 10.9. The Bertz CT molecular complexity index is 799. The summed E-state index contributed by atoms with van der Waals surface area (Å²) < 4.78 is 21.6. The van der Waals surface area contributed by atoms with Crippen molar-refractivity contribution in [2.45, 2.75) is 6.54 Å². The number of benzene rings is 2. The van der Waals surface area contributed by atoms with Gasteiger partial charge in [0.05, 0.1) is 24.7 Å². The Labute approximate surface area is 129 Å². The van der Waals surface area contributed by atoms with Gasteiger partial charge in [0, 0.05) is 16.6 Å². The lowest BCUT2D eigenvalue weighted by molar-refractivity contribution is 0.387. The second-order valence-corrected chi connectivity index (χ2v) is 5.57. The summed E-state index contributed by atoms with van der Waals surface area (Å²) in [6.45, 7) is 0.560. The molecule has 0 spiro atoms. The second-order valence-electron chi connectivity index (χ2n) is 4.66. The molecule has 3 aromatic rings. The summed E-state index contributed by atoms with van der Waals surface area (Å²) in [5, 5.41) is 0. The smallest absolute Gasteiger partial charge is 0.201 e. The molecule has 0 amide bonds. The van der Waals surface area contributed by atoms with E-state index in [0.29, 0.717) is 18.0 Å². The summed E-state index contributed by atoms with van der Waals surface area (Å²) in [5.41, 5.74) is 8.29. The fourth-order valence-corrected chi connectivity index (χ4v) is 2.50. The van der Waals surface area contributed by atoms with Crippen LogP contribution in [-0.4, -0.2) is 16.7 Å². The van der Waals surface area contributed by atoms with E-state index < -0.39 is 5.82 Å². The number of fused-ring (bicyclic) bond motifs is 1. The number of aromatic nitrogens is 2. The predicted molar refractivity (Wildman–Crippen MR) is 83.9 cm³/mol. The van der Waals surface area contributed by atoms with Gasteiger partial charge in [-0.05, 0) is 17.7 Å². The Morgan fingerprint density at radius 1 is 1.29 bits per heavy atom. The van der Waals surface area contributed by atoms with Gasteiger partial charge in [0.1, 0.15) is 0 Å². The van der Waals surface area contributed by atoms with E-state index in [1.54, 1.807) is 6.07 Å². The molecule has 0 atom stereocenters. The van der Waals surface area contributed by atoms with Gasteiger partial charge in [0.25, 0.3) is 0 Å². The number of nitrogens with two attached hydrogens (primary N) is 1. The Hall–Kier alpha value is -2.08. The molecule has 1 aromatic heterocycles. The molecule has 0 aliphatic rings. The normalized spacial score (nSPS) is 11.0. The van der Waals surface area contributed by atoms with Crippen LogP contribution in [0.2, 0.25) is 0 Å². The highest BCUT2D eigenvalue weighted by Gasteiger charge is 2.13. The van der Waals surface area contributed by atoms with Crippen LogP contribution in [0.25, 0.3) is 11.0 Å². The van der Waals surface area contributed by atoms with Crippen molar-refractivity contribution in [2.75, 3.05) is 12.8 Å². The van der Waals surface area contributed by atoms with Gasteiger partial charge in [0.15, 0.2) is 11.6 Å². The highest BCUT2D eigenvalue weighted by atomic mass is 79.9. The second kappa shape index (κ2) is 5.37. The van der Waals surface area contributed by atoms with Gasteiger partial charge in [-0.3, -0.25) is 0 Å². The molecule has 108 valence electrons. The first-order valence-electron chi connectivity index (χ1n) is 6.32. The molecular weight excluding hydrogens is 337 g/mol. The van der Waals surface area contributed by atoms with E-state index in [4.69, 9.17) is 10.5 Å². The maximum absolute atomic E-state index is 13.7. The van der Waals surface area contributed by atoms with Gasteiger partial charge >= 0.3 is 0 Å². The van der Waals surface area contributed by atoms with Gasteiger partial charge in [-0.2, -0.15) is 0 Å². The van der Waals surface area contributed by atoms with Crippen molar-refractivity contribution in [1.29, 1.82) is 0 Å². The Kier molecular flexibility index (Phi) is 3.55. The number of imidazole rings is 1. The van der Waals surface area contributed by atoms with E-state index in [1.807, 2.05) is 28.8 Å². The van der Waals surface area contributed by atoms with Crippen LogP contribution in [0.1, 0.15) is 5.56 Å². The molecule has 0 bridgehead atoms. The van der Waals surface area contributed by atoms with E-state index in [-0.39, 0.29) is 5.75 Å². The lowest BCUT2D eigenvalue weighted by Gasteiger charge is -2.08. The van der Waals surface area contributed by atoms with Crippen molar-refractivity contribution in [3.05, 3.63) is 52.3 Å². The van der Waals surface area contributed by atoms with E-state index in [9.17, 15) is 4.39 Å². The SMILES string of the molecule is COc1cc2c(cc1F)nc(N)n2Cc1ccc(Br)cc1. The minimum atomic E-state index is -0.446. The van der Waals surface area contributed by atoms with Crippen molar-refractivity contribution in [2.24, 2.45) is 0 Å². The average Bonchev–Trinajstić information content (AvgIpc) is 2.75. The van der Waals surface area contributed by atoms with E-state index >= 15 is 0 Å². The number of nitrogen functional groups attached to an aromatic ring is 1. The van der Waals surface area contributed by atoms with Crippen molar-refractivity contribution in [1.82, 2.24) is 9.55 Å². The number of nitrogens with zero attached hydrogens (tertiary/aromatic N) is 2. The minimum absolute atomic E-state index is 0.180. The summed E-state index contributed by atoms with van der Waals surface area (Å²) >= 11 is 3.40. The molecule has 0 aliphatic heterocycles. The van der Waals surface area contributed by atoms with Crippen LogP contribution in [-0.2, 0) is 6.54 Å². The summed E-state index contributed by atoms with van der Waals surface area (Å²) in [6.07, 6.45) is 0. The number of hydrogen-bond acceptors (Lipinski definition) is 3. The molecule has 1 heterocycles. The Balaban J connectivity index is 2.08. The zero-order chi connectivity index (χ0) is 15.0. The topological polar surface area (TPSA) is 53.1 Å². The number of rotatable bonds is 3. The third kappa shape index (κ3) is 2.58. The number of anilines is 1. The summed E-state index contributed by atoms with van der Waals surface area (Å²) in [7, 11) is 1.43. The molecule has 21 heavy (non-hydrogen) atoms. The standard InChI is InChI=1S/C15H13BrFN3O/c1-21-14-7-13-12(6-11(14)17)19-15(18)20(13)8-9-2-4-10(16)5-3-9/h2-7H,8H2,1H3,(H2,18,19). The van der Waals surface area contributed by atoms with Crippen LogP contribution in [0, 0.1) is 5.82 Å². The largest absolute Gasteiger partial charge is 0.494 e. The van der Waals surface area contributed by atoms with Crippen molar-refractivity contribution in [3.63, 3.8) is 0 Å². The third-order valence-electron chi connectivity index (χ3n) is 3.31. The van der Waals surface area contributed by atoms with Crippen LogP contribution in [0.3, 0.4) is 0 Å². The van der Waals surface area contributed by atoms with Crippen LogP contribution in [0.5, 0.6) is 5.75 Å². The highest BCUT2D eigenvalue weighted by Crippen LogP contribution is 2.27. The lowest BCUT2D eigenvalue weighted by Crippen LogP contribution is -2.04. The monoisotopic (exact) mass is 349 g/mol. The van der Waals surface area contributed by atoms with Crippen LogP contribution in [0.15, 0.2) is 40.9 Å². The molecule has 0 unspecified atom stereocenters. The molecular formula is C15H13BrFN3O. The quantitative estimate of drug-likeness (QED) is 0.786.